The van der Waals surface area contributed by atoms with Crippen molar-refractivity contribution >= 4 is 23.2 Å². The lowest BCUT2D eigenvalue weighted by molar-refractivity contribution is -0.126. The lowest BCUT2D eigenvalue weighted by Gasteiger charge is -2.24. The van der Waals surface area contributed by atoms with Crippen molar-refractivity contribution in [3.05, 3.63) is 40.6 Å². The van der Waals surface area contributed by atoms with Crippen molar-refractivity contribution in [2.24, 2.45) is 0 Å². The predicted octanol–water partition coefficient (Wildman–Crippen LogP) is 1.34. The topological polar surface area (TPSA) is 86.9 Å². The maximum absolute atomic E-state index is 12.2. The van der Waals surface area contributed by atoms with Crippen LogP contribution in [0, 0.1) is 0 Å². The van der Waals surface area contributed by atoms with Crippen LogP contribution in [0.1, 0.15) is 29.2 Å². The number of H-pyrrole nitrogens is 1. The van der Waals surface area contributed by atoms with Crippen molar-refractivity contribution in [3.8, 4) is 0 Å². The maximum Gasteiger partial charge on any atom is 0.262 e. The summed E-state index contributed by atoms with van der Waals surface area (Å²) in [5.41, 5.74) is -0.00886. The van der Waals surface area contributed by atoms with Gasteiger partial charge in [-0.05, 0) is 25.3 Å². The zero-order valence-electron chi connectivity index (χ0n) is 12.0. The van der Waals surface area contributed by atoms with Crippen molar-refractivity contribution in [1.29, 1.82) is 0 Å². The second kappa shape index (κ2) is 6.53. The molecule has 6 nitrogen and oxygen atoms in total. The van der Waals surface area contributed by atoms with E-state index in [1.807, 2.05) is 5.38 Å². The maximum atomic E-state index is 12.2. The Labute approximate surface area is 127 Å². The van der Waals surface area contributed by atoms with Crippen LogP contribution in [0.3, 0.4) is 0 Å². The van der Waals surface area contributed by atoms with Crippen LogP contribution >= 0.6 is 11.3 Å². The van der Waals surface area contributed by atoms with Crippen LogP contribution in [0.2, 0.25) is 0 Å². The van der Waals surface area contributed by atoms with Crippen molar-refractivity contribution in [3.63, 3.8) is 0 Å². The van der Waals surface area contributed by atoms with Crippen LogP contribution in [-0.4, -0.2) is 33.9 Å². The Hall–Kier alpha value is -2.15. The van der Waals surface area contributed by atoms with E-state index in [-0.39, 0.29) is 11.8 Å². The Bertz CT molecular complexity index is 591. The number of hydrogen-bond acceptors (Lipinski definition) is 4. The summed E-state index contributed by atoms with van der Waals surface area (Å²) >= 11 is 1.34. The molecule has 112 valence electrons. The fourth-order valence-corrected chi connectivity index (χ4v) is 2.38. The van der Waals surface area contributed by atoms with Gasteiger partial charge in [-0.3, -0.25) is 9.59 Å². The first kappa shape index (κ1) is 15.2. The van der Waals surface area contributed by atoms with Gasteiger partial charge in [-0.1, -0.05) is 6.07 Å². The van der Waals surface area contributed by atoms with Crippen molar-refractivity contribution in [1.82, 2.24) is 20.6 Å². The number of nitrogens with zero attached hydrogens (tertiary/aromatic N) is 1. The second-order valence-corrected chi connectivity index (χ2v) is 6.09. The Balaban J connectivity index is 1.83. The summed E-state index contributed by atoms with van der Waals surface area (Å²) in [6.45, 7) is 3.85. The number of amides is 2. The van der Waals surface area contributed by atoms with E-state index in [1.54, 1.807) is 38.5 Å². The number of aromatic nitrogens is 2. The normalized spacial score (nSPS) is 11.1. The minimum absolute atomic E-state index is 0.216. The van der Waals surface area contributed by atoms with Crippen LogP contribution in [0.25, 0.3) is 0 Å². The number of imidazole rings is 1. The highest BCUT2D eigenvalue weighted by Crippen LogP contribution is 2.11. The van der Waals surface area contributed by atoms with E-state index < -0.39 is 5.54 Å². The summed E-state index contributed by atoms with van der Waals surface area (Å²) < 4.78 is 0. The number of nitrogens with one attached hydrogen (secondary N) is 3. The number of aromatic amines is 1. The molecule has 3 N–H and O–H groups in total. The van der Waals surface area contributed by atoms with E-state index in [1.165, 1.54) is 11.3 Å². The standard InChI is InChI=1S/C14H18N4O2S/c1-14(2,18-12(19)11-4-3-7-21-11)13(20)16-6-5-10-8-15-9-17-10/h3-4,7-9H,5-6H2,1-2H3,(H,15,17)(H,16,20)(H,18,19). The average Bonchev–Trinajstić information content (AvgIpc) is 3.11. The fraction of sp³-hybridized carbons (Fsp3) is 0.357. The molecule has 0 fully saturated rings. The SMILES string of the molecule is CC(C)(NC(=O)c1cccs1)C(=O)NCCc1cnc[nH]1. The minimum atomic E-state index is -0.963. The van der Waals surface area contributed by atoms with E-state index in [4.69, 9.17) is 0 Å². The number of carbonyl (C=O) groups is 2. The smallest absolute Gasteiger partial charge is 0.262 e. The summed E-state index contributed by atoms with van der Waals surface area (Å²) in [5, 5.41) is 7.38. The molecule has 0 unspecified atom stereocenters. The quantitative estimate of drug-likeness (QED) is 0.752. The molecule has 0 saturated carbocycles. The molecule has 2 heterocycles. The summed E-state index contributed by atoms with van der Waals surface area (Å²) in [5.74, 6) is -0.453. The fourth-order valence-electron chi connectivity index (χ4n) is 1.76. The van der Waals surface area contributed by atoms with Gasteiger partial charge in [-0.2, -0.15) is 0 Å². The molecule has 0 aliphatic carbocycles. The summed E-state index contributed by atoms with van der Waals surface area (Å²) in [7, 11) is 0. The van der Waals surface area contributed by atoms with Gasteiger partial charge in [0, 0.05) is 24.9 Å². The third kappa shape index (κ3) is 4.16. The molecule has 7 heteroatoms. The Kier molecular flexibility index (Phi) is 4.74. The van der Waals surface area contributed by atoms with Gasteiger partial charge < -0.3 is 15.6 Å². The monoisotopic (exact) mass is 306 g/mol. The third-order valence-corrected chi connectivity index (χ3v) is 3.84. The first-order valence-electron chi connectivity index (χ1n) is 6.60. The molecule has 0 aromatic carbocycles. The molecule has 0 atom stereocenters. The van der Waals surface area contributed by atoms with E-state index in [9.17, 15) is 9.59 Å². The van der Waals surface area contributed by atoms with E-state index in [2.05, 4.69) is 20.6 Å². The number of hydrogen-bond donors (Lipinski definition) is 3. The third-order valence-electron chi connectivity index (χ3n) is 2.97. The highest BCUT2D eigenvalue weighted by Gasteiger charge is 2.29. The average molecular weight is 306 g/mol. The molecule has 0 radical (unpaired) electrons. The predicted molar refractivity (Wildman–Crippen MR) is 81.2 cm³/mol. The minimum Gasteiger partial charge on any atom is -0.354 e. The molecular formula is C14H18N4O2S. The molecule has 0 aliphatic heterocycles. The molecular weight excluding hydrogens is 288 g/mol. The molecule has 0 spiro atoms. The Morgan fingerprint density at radius 2 is 2.24 bits per heavy atom. The molecule has 2 aromatic heterocycles. The molecule has 0 aliphatic rings. The van der Waals surface area contributed by atoms with E-state index in [0.29, 0.717) is 17.8 Å². The summed E-state index contributed by atoms with van der Waals surface area (Å²) in [6.07, 6.45) is 3.99. The lowest BCUT2D eigenvalue weighted by atomic mass is 10.0. The van der Waals surface area contributed by atoms with Crippen LogP contribution in [0.4, 0.5) is 0 Å². The van der Waals surface area contributed by atoms with Gasteiger partial charge in [0.2, 0.25) is 5.91 Å². The summed E-state index contributed by atoms with van der Waals surface area (Å²) in [4.78, 5) is 31.6. The van der Waals surface area contributed by atoms with E-state index >= 15 is 0 Å². The van der Waals surface area contributed by atoms with Gasteiger partial charge in [-0.25, -0.2) is 4.98 Å². The van der Waals surface area contributed by atoms with Crippen LogP contribution in [0.15, 0.2) is 30.0 Å². The van der Waals surface area contributed by atoms with Gasteiger partial charge in [-0.15, -0.1) is 11.3 Å². The van der Waals surface area contributed by atoms with Crippen molar-refractivity contribution in [2.75, 3.05) is 6.54 Å². The highest BCUT2D eigenvalue weighted by atomic mass is 32.1. The molecule has 2 amide bonds. The van der Waals surface area contributed by atoms with Crippen molar-refractivity contribution < 1.29 is 9.59 Å². The summed E-state index contributed by atoms with van der Waals surface area (Å²) in [6, 6.07) is 3.53. The number of carbonyl (C=O) groups excluding carboxylic acids is 2. The highest BCUT2D eigenvalue weighted by molar-refractivity contribution is 7.12. The van der Waals surface area contributed by atoms with Crippen LogP contribution < -0.4 is 10.6 Å². The van der Waals surface area contributed by atoms with E-state index in [0.717, 1.165) is 5.69 Å². The number of thiophene rings is 1. The molecule has 2 aromatic rings. The van der Waals surface area contributed by atoms with Crippen LogP contribution in [-0.2, 0) is 11.2 Å². The zero-order chi connectivity index (χ0) is 15.3. The van der Waals surface area contributed by atoms with Gasteiger partial charge in [0.1, 0.15) is 5.54 Å². The van der Waals surface area contributed by atoms with Gasteiger partial charge in [0.15, 0.2) is 0 Å². The first-order chi connectivity index (χ1) is 9.99. The number of rotatable bonds is 6. The molecule has 0 bridgehead atoms. The van der Waals surface area contributed by atoms with Gasteiger partial charge >= 0.3 is 0 Å². The van der Waals surface area contributed by atoms with Gasteiger partial charge in [0.05, 0.1) is 11.2 Å². The Morgan fingerprint density at radius 1 is 1.43 bits per heavy atom. The van der Waals surface area contributed by atoms with Gasteiger partial charge in [0.25, 0.3) is 5.91 Å². The van der Waals surface area contributed by atoms with Crippen LogP contribution in [0.5, 0.6) is 0 Å². The first-order valence-corrected chi connectivity index (χ1v) is 7.48. The molecule has 21 heavy (non-hydrogen) atoms. The Morgan fingerprint density at radius 3 is 2.86 bits per heavy atom. The van der Waals surface area contributed by atoms with Crippen molar-refractivity contribution in [2.45, 2.75) is 25.8 Å². The second-order valence-electron chi connectivity index (χ2n) is 5.14. The molecule has 2 rings (SSSR count). The molecule has 0 saturated heterocycles. The largest absolute Gasteiger partial charge is 0.354 e. The zero-order valence-corrected chi connectivity index (χ0v) is 12.8. The lowest BCUT2D eigenvalue weighted by Crippen LogP contribution is -2.54.